The molecular formula is C16H17FOS. The quantitative estimate of drug-likeness (QED) is 0.842. The molecule has 0 heterocycles. The van der Waals surface area contributed by atoms with E-state index in [0.717, 1.165) is 11.1 Å². The third-order valence-corrected chi connectivity index (χ3v) is 4.14. The first-order valence-electron chi connectivity index (χ1n) is 6.20. The van der Waals surface area contributed by atoms with Crippen molar-refractivity contribution in [3.63, 3.8) is 0 Å². The zero-order valence-corrected chi connectivity index (χ0v) is 11.9. The zero-order chi connectivity index (χ0) is 13.8. The molecule has 3 heteroatoms. The Labute approximate surface area is 117 Å². The average molecular weight is 276 g/mol. The minimum absolute atomic E-state index is 0.236. The molecule has 0 aliphatic carbocycles. The van der Waals surface area contributed by atoms with E-state index in [-0.39, 0.29) is 5.82 Å². The van der Waals surface area contributed by atoms with Crippen molar-refractivity contribution in [2.24, 2.45) is 0 Å². The minimum atomic E-state index is -0.579. The van der Waals surface area contributed by atoms with Crippen LogP contribution in [0.15, 0.2) is 47.4 Å². The summed E-state index contributed by atoms with van der Waals surface area (Å²) in [4.78, 5) is 0.575. The number of aliphatic hydroxyl groups is 1. The lowest BCUT2D eigenvalue weighted by atomic mass is 10.0. The molecule has 2 aromatic rings. The molecule has 0 fully saturated rings. The highest BCUT2D eigenvalue weighted by Crippen LogP contribution is 2.28. The van der Waals surface area contributed by atoms with Crippen LogP contribution in [0.25, 0.3) is 0 Å². The number of thioether (sulfide) groups is 1. The van der Waals surface area contributed by atoms with Gasteiger partial charge in [-0.25, -0.2) is 4.39 Å². The number of rotatable bonds is 4. The van der Waals surface area contributed by atoms with E-state index in [9.17, 15) is 9.50 Å². The maximum absolute atomic E-state index is 13.5. The van der Waals surface area contributed by atoms with Gasteiger partial charge in [0.2, 0.25) is 0 Å². The van der Waals surface area contributed by atoms with Gasteiger partial charge in [-0.15, -0.1) is 11.8 Å². The van der Waals surface area contributed by atoms with Crippen LogP contribution in [0.1, 0.15) is 22.8 Å². The lowest BCUT2D eigenvalue weighted by Gasteiger charge is -2.14. The number of aliphatic hydroxyl groups excluding tert-OH is 1. The third-order valence-electron chi connectivity index (χ3n) is 3.02. The Kier molecular flexibility index (Phi) is 4.61. The second-order valence-corrected chi connectivity index (χ2v) is 5.68. The van der Waals surface area contributed by atoms with Crippen molar-refractivity contribution < 1.29 is 9.50 Å². The summed E-state index contributed by atoms with van der Waals surface area (Å²) in [5, 5.41) is 10.2. The van der Waals surface area contributed by atoms with Gasteiger partial charge in [-0.2, -0.15) is 0 Å². The first-order chi connectivity index (χ1) is 9.08. The molecule has 0 amide bonds. The van der Waals surface area contributed by atoms with Gasteiger partial charge in [-0.1, -0.05) is 35.9 Å². The van der Waals surface area contributed by atoms with E-state index in [4.69, 9.17) is 0 Å². The van der Waals surface area contributed by atoms with Gasteiger partial charge in [0.05, 0.1) is 6.10 Å². The molecule has 0 bridgehead atoms. The molecule has 2 rings (SSSR count). The van der Waals surface area contributed by atoms with Gasteiger partial charge in [0.15, 0.2) is 0 Å². The molecule has 1 nitrogen and oxygen atoms in total. The Balaban J connectivity index is 2.05. The Bertz CT molecular complexity index is 568. The van der Waals surface area contributed by atoms with E-state index in [1.807, 2.05) is 32.0 Å². The summed E-state index contributed by atoms with van der Waals surface area (Å²) in [7, 11) is 0. The number of halogens is 1. The Morgan fingerprint density at radius 2 is 1.89 bits per heavy atom. The van der Waals surface area contributed by atoms with Crippen molar-refractivity contribution in [1.29, 1.82) is 0 Å². The van der Waals surface area contributed by atoms with Gasteiger partial charge in [0.25, 0.3) is 0 Å². The SMILES string of the molecule is Cc1ccc(C(O)CSc2ccccc2F)c(C)c1. The van der Waals surface area contributed by atoms with Gasteiger partial charge in [0.1, 0.15) is 5.82 Å². The number of hydrogen-bond donors (Lipinski definition) is 1. The predicted octanol–water partition coefficient (Wildman–Crippen LogP) is 4.27. The molecular weight excluding hydrogens is 259 g/mol. The van der Waals surface area contributed by atoms with Crippen LogP contribution in [0.2, 0.25) is 0 Å². The molecule has 2 aromatic carbocycles. The van der Waals surface area contributed by atoms with Gasteiger partial charge in [0, 0.05) is 10.6 Å². The molecule has 1 N–H and O–H groups in total. The van der Waals surface area contributed by atoms with Crippen LogP contribution < -0.4 is 0 Å². The summed E-state index contributed by atoms with van der Waals surface area (Å²) in [6.45, 7) is 4.01. The van der Waals surface area contributed by atoms with Crippen molar-refractivity contribution in [3.05, 3.63) is 65.0 Å². The molecule has 0 aliphatic rings. The third kappa shape index (κ3) is 3.58. The largest absolute Gasteiger partial charge is 0.388 e. The molecule has 1 unspecified atom stereocenters. The topological polar surface area (TPSA) is 20.2 Å². The number of hydrogen-bond acceptors (Lipinski definition) is 2. The molecule has 0 saturated carbocycles. The van der Waals surface area contributed by atoms with Gasteiger partial charge in [-0.05, 0) is 37.1 Å². The smallest absolute Gasteiger partial charge is 0.136 e. The fraction of sp³-hybridized carbons (Fsp3) is 0.250. The van der Waals surface area contributed by atoms with Crippen LogP contribution in [0.4, 0.5) is 4.39 Å². The lowest BCUT2D eigenvalue weighted by Crippen LogP contribution is -2.03. The maximum Gasteiger partial charge on any atom is 0.136 e. The van der Waals surface area contributed by atoms with Crippen molar-refractivity contribution in [2.45, 2.75) is 24.8 Å². The zero-order valence-electron chi connectivity index (χ0n) is 11.1. The first-order valence-corrected chi connectivity index (χ1v) is 7.19. The van der Waals surface area contributed by atoms with Crippen LogP contribution >= 0.6 is 11.8 Å². The second kappa shape index (κ2) is 6.22. The Hall–Kier alpha value is -1.32. The fourth-order valence-electron chi connectivity index (χ4n) is 2.02. The van der Waals surface area contributed by atoms with Gasteiger partial charge < -0.3 is 5.11 Å². The lowest BCUT2D eigenvalue weighted by molar-refractivity contribution is 0.203. The highest BCUT2D eigenvalue weighted by atomic mass is 32.2. The van der Waals surface area contributed by atoms with Crippen molar-refractivity contribution >= 4 is 11.8 Å². The molecule has 0 aromatic heterocycles. The number of benzene rings is 2. The van der Waals surface area contributed by atoms with Crippen LogP contribution in [0.3, 0.4) is 0 Å². The summed E-state index contributed by atoms with van der Waals surface area (Å²) in [5.41, 5.74) is 3.16. The van der Waals surface area contributed by atoms with E-state index in [1.54, 1.807) is 18.2 Å². The molecule has 0 spiro atoms. The highest BCUT2D eigenvalue weighted by Gasteiger charge is 2.12. The molecule has 19 heavy (non-hydrogen) atoms. The summed E-state index contributed by atoms with van der Waals surface area (Å²) in [6, 6.07) is 12.6. The summed E-state index contributed by atoms with van der Waals surface area (Å²) in [6.07, 6.45) is -0.579. The highest BCUT2D eigenvalue weighted by molar-refractivity contribution is 7.99. The van der Waals surface area contributed by atoms with E-state index in [2.05, 4.69) is 0 Å². The summed E-state index contributed by atoms with van der Waals surface area (Å²) in [5.74, 6) is 0.213. The summed E-state index contributed by atoms with van der Waals surface area (Å²) >= 11 is 1.34. The summed E-state index contributed by atoms with van der Waals surface area (Å²) < 4.78 is 13.5. The second-order valence-electron chi connectivity index (χ2n) is 4.62. The van der Waals surface area contributed by atoms with E-state index < -0.39 is 6.10 Å². The standard InChI is InChI=1S/C16H17FOS/c1-11-7-8-13(12(2)9-11)15(18)10-19-16-6-4-3-5-14(16)17/h3-9,15,18H,10H2,1-2H3. The van der Waals surface area contributed by atoms with Crippen LogP contribution in [-0.2, 0) is 0 Å². The predicted molar refractivity (Wildman–Crippen MR) is 78.0 cm³/mol. The van der Waals surface area contributed by atoms with E-state index >= 15 is 0 Å². The van der Waals surface area contributed by atoms with Crippen LogP contribution in [-0.4, -0.2) is 10.9 Å². The molecule has 100 valence electrons. The fourth-order valence-corrected chi connectivity index (χ4v) is 2.92. The van der Waals surface area contributed by atoms with E-state index in [0.29, 0.717) is 10.6 Å². The Morgan fingerprint density at radius 1 is 1.16 bits per heavy atom. The van der Waals surface area contributed by atoms with Gasteiger partial charge >= 0.3 is 0 Å². The minimum Gasteiger partial charge on any atom is -0.388 e. The number of aryl methyl sites for hydroxylation is 2. The molecule has 1 atom stereocenters. The van der Waals surface area contributed by atoms with E-state index in [1.165, 1.54) is 23.4 Å². The average Bonchev–Trinajstić information content (AvgIpc) is 2.37. The van der Waals surface area contributed by atoms with Crippen LogP contribution in [0, 0.1) is 19.7 Å². The van der Waals surface area contributed by atoms with Gasteiger partial charge in [-0.3, -0.25) is 0 Å². The van der Waals surface area contributed by atoms with Crippen molar-refractivity contribution in [1.82, 2.24) is 0 Å². The normalized spacial score (nSPS) is 12.4. The van der Waals surface area contributed by atoms with Crippen molar-refractivity contribution in [2.75, 3.05) is 5.75 Å². The monoisotopic (exact) mass is 276 g/mol. The van der Waals surface area contributed by atoms with Crippen molar-refractivity contribution in [3.8, 4) is 0 Å². The Morgan fingerprint density at radius 3 is 2.58 bits per heavy atom. The maximum atomic E-state index is 13.5. The van der Waals surface area contributed by atoms with Crippen LogP contribution in [0.5, 0.6) is 0 Å². The molecule has 0 saturated heterocycles. The molecule has 0 radical (unpaired) electrons. The first kappa shape index (κ1) is 14.1. The molecule has 0 aliphatic heterocycles.